The Morgan fingerprint density at radius 3 is 2.59 bits per heavy atom. The van der Waals surface area contributed by atoms with Crippen LogP contribution in [0.2, 0.25) is 0 Å². The molecule has 1 heterocycles. The summed E-state index contributed by atoms with van der Waals surface area (Å²) in [6.07, 6.45) is 0.286. The number of carbonyl (C=O) groups is 1. The second-order valence-corrected chi connectivity index (χ2v) is 5.94. The van der Waals surface area contributed by atoms with Gasteiger partial charge in [0.15, 0.2) is 5.78 Å². The summed E-state index contributed by atoms with van der Waals surface area (Å²) in [6.45, 7) is 10.0. The van der Waals surface area contributed by atoms with E-state index in [9.17, 15) is 4.79 Å². The fourth-order valence-electron chi connectivity index (χ4n) is 2.93. The van der Waals surface area contributed by atoms with Crippen molar-refractivity contribution in [2.75, 3.05) is 25.4 Å². The standard InChI is InChI=1S/C17H26N2O3/c1-5-21-16-7-6-14(8-15(16)18)17(20)13(4)19-9-11(2)22-12(3)10-19/h6-8,11-13H,5,9-10,18H2,1-4H3. The van der Waals surface area contributed by atoms with Crippen LogP contribution in [0.3, 0.4) is 0 Å². The summed E-state index contributed by atoms with van der Waals surface area (Å²) in [5.74, 6) is 0.705. The van der Waals surface area contributed by atoms with E-state index >= 15 is 0 Å². The van der Waals surface area contributed by atoms with Gasteiger partial charge in [0, 0.05) is 18.7 Å². The third kappa shape index (κ3) is 3.78. The van der Waals surface area contributed by atoms with E-state index in [1.54, 1.807) is 18.2 Å². The molecule has 122 valence electrons. The van der Waals surface area contributed by atoms with E-state index in [0.29, 0.717) is 23.6 Å². The molecule has 0 amide bonds. The number of morpholine rings is 1. The summed E-state index contributed by atoms with van der Waals surface area (Å²) < 4.78 is 11.1. The number of anilines is 1. The molecule has 2 N–H and O–H groups in total. The first kappa shape index (κ1) is 16.8. The normalized spacial score (nSPS) is 24.0. The van der Waals surface area contributed by atoms with Gasteiger partial charge in [0.1, 0.15) is 5.75 Å². The number of rotatable bonds is 5. The molecule has 0 aliphatic carbocycles. The molecule has 0 bridgehead atoms. The SMILES string of the molecule is CCOc1ccc(C(=O)C(C)N2CC(C)OC(C)C2)cc1N. The van der Waals surface area contributed by atoms with Gasteiger partial charge in [-0.3, -0.25) is 9.69 Å². The smallest absolute Gasteiger partial charge is 0.179 e. The average molecular weight is 306 g/mol. The van der Waals surface area contributed by atoms with Gasteiger partial charge >= 0.3 is 0 Å². The topological polar surface area (TPSA) is 64.8 Å². The number of benzene rings is 1. The molecule has 5 heteroatoms. The average Bonchev–Trinajstić information content (AvgIpc) is 2.47. The van der Waals surface area contributed by atoms with Gasteiger partial charge in [-0.05, 0) is 45.9 Å². The Balaban J connectivity index is 2.11. The summed E-state index contributed by atoms with van der Waals surface area (Å²) in [5, 5.41) is 0. The van der Waals surface area contributed by atoms with Crippen LogP contribution in [0.15, 0.2) is 18.2 Å². The van der Waals surface area contributed by atoms with Gasteiger partial charge in [-0.15, -0.1) is 0 Å². The van der Waals surface area contributed by atoms with Crippen LogP contribution in [-0.4, -0.2) is 48.6 Å². The number of hydrogen-bond acceptors (Lipinski definition) is 5. The first-order chi connectivity index (χ1) is 10.4. The molecule has 1 aromatic rings. The molecule has 0 aromatic heterocycles. The number of nitrogen functional groups attached to an aromatic ring is 1. The Labute approximate surface area is 132 Å². The minimum atomic E-state index is -0.189. The highest BCUT2D eigenvalue weighted by atomic mass is 16.5. The Hall–Kier alpha value is -1.59. The Bertz CT molecular complexity index is 523. The monoisotopic (exact) mass is 306 g/mol. The van der Waals surface area contributed by atoms with Crippen molar-refractivity contribution in [3.8, 4) is 5.75 Å². The van der Waals surface area contributed by atoms with Crippen molar-refractivity contribution in [2.45, 2.75) is 45.9 Å². The number of hydrogen-bond donors (Lipinski definition) is 1. The molecule has 22 heavy (non-hydrogen) atoms. The number of carbonyl (C=O) groups excluding carboxylic acids is 1. The molecule has 5 nitrogen and oxygen atoms in total. The zero-order valence-corrected chi connectivity index (χ0v) is 13.8. The van der Waals surface area contributed by atoms with E-state index in [4.69, 9.17) is 15.2 Å². The van der Waals surface area contributed by atoms with E-state index < -0.39 is 0 Å². The van der Waals surface area contributed by atoms with Crippen LogP contribution in [0.25, 0.3) is 0 Å². The van der Waals surface area contributed by atoms with Crippen LogP contribution >= 0.6 is 0 Å². The lowest BCUT2D eigenvalue weighted by Crippen LogP contribution is -2.51. The second kappa shape index (κ2) is 7.11. The lowest BCUT2D eigenvalue weighted by molar-refractivity contribution is -0.0744. The highest BCUT2D eigenvalue weighted by molar-refractivity contribution is 6.00. The third-order valence-corrected chi connectivity index (χ3v) is 3.97. The number of ether oxygens (including phenoxy) is 2. The molecule has 0 spiro atoms. The minimum Gasteiger partial charge on any atom is -0.492 e. The van der Waals surface area contributed by atoms with Crippen LogP contribution in [0.4, 0.5) is 5.69 Å². The quantitative estimate of drug-likeness (QED) is 0.668. The van der Waals surface area contributed by atoms with E-state index in [1.807, 2.05) is 27.7 Å². The van der Waals surface area contributed by atoms with E-state index in [0.717, 1.165) is 13.1 Å². The molecule has 1 aliphatic heterocycles. The number of nitrogens with zero attached hydrogens (tertiary/aromatic N) is 1. The van der Waals surface area contributed by atoms with Crippen molar-refractivity contribution in [1.82, 2.24) is 4.90 Å². The van der Waals surface area contributed by atoms with Crippen molar-refractivity contribution >= 4 is 11.5 Å². The lowest BCUT2D eigenvalue weighted by Gasteiger charge is -2.38. The van der Waals surface area contributed by atoms with Crippen LogP contribution in [-0.2, 0) is 4.74 Å². The van der Waals surface area contributed by atoms with Crippen molar-refractivity contribution in [1.29, 1.82) is 0 Å². The zero-order chi connectivity index (χ0) is 16.3. The number of nitrogens with two attached hydrogens (primary N) is 1. The molecule has 0 saturated carbocycles. The summed E-state index contributed by atoms with van der Waals surface area (Å²) in [5.41, 5.74) is 7.09. The van der Waals surface area contributed by atoms with E-state index in [-0.39, 0.29) is 24.0 Å². The minimum absolute atomic E-state index is 0.0797. The maximum atomic E-state index is 12.7. The predicted octanol–water partition coefficient (Wildman–Crippen LogP) is 2.35. The Kier molecular flexibility index (Phi) is 5.42. The van der Waals surface area contributed by atoms with Crippen LogP contribution < -0.4 is 10.5 Å². The molecule has 3 atom stereocenters. The number of ketones is 1. The fraction of sp³-hybridized carbons (Fsp3) is 0.588. The third-order valence-electron chi connectivity index (χ3n) is 3.97. The molecule has 3 unspecified atom stereocenters. The largest absolute Gasteiger partial charge is 0.492 e. The summed E-state index contributed by atoms with van der Waals surface area (Å²) in [6, 6.07) is 5.07. The summed E-state index contributed by atoms with van der Waals surface area (Å²) >= 11 is 0. The van der Waals surface area contributed by atoms with Crippen molar-refractivity contribution < 1.29 is 14.3 Å². The maximum absolute atomic E-state index is 12.7. The molecule has 2 rings (SSSR count). The van der Waals surface area contributed by atoms with Gasteiger partial charge < -0.3 is 15.2 Å². The predicted molar refractivity (Wildman–Crippen MR) is 87.4 cm³/mol. The first-order valence-electron chi connectivity index (χ1n) is 7.88. The molecule has 1 aromatic carbocycles. The highest BCUT2D eigenvalue weighted by Crippen LogP contribution is 2.24. The van der Waals surface area contributed by atoms with Gasteiger partial charge in [0.2, 0.25) is 0 Å². The van der Waals surface area contributed by atoms with Gasteiger partial charge in [-0.1, -0.05) is 0 Å². The Morgan fingerprint density at radius 2 is 2.05 bits per heavy atom. The summed E-state index contributed by atoms with van der Waals surface area (Å²) in [4.78, 5) is 14.9. The molecule has 0 radical (unpaired) electrons. The van der Waals surface area contributed by atoms with Crippen LogP contribution in [0, 0.1) is 0 Å². The highest BCUT2D eigenvalue weighted by Gasteiger charge is 2.29. The molecule has 1 aliphatic rings. The lowest BCUT2D eigenvalue weighted by atomic mass is 10.0. The van der Waals surface area contributed by atoms with Gasteiger partial charge in [-0.2, -0.15) is 0 Å². The Morgan fingerprint density at radius 1 is 1.41 bits per heavy atom. The molecular weight excluding hydrogens is 280 g/mol. The zero-order valence-electron chi connectivity index (χ0n) is 13.8. The van der Waals surface area contributed by atoms with E-state index in [1.165, 1.54) is 0 Å². The van der Waals surface area contributed by atoms with Crippen LogP contribution in [0.5, 0.6) is 5.75 Å². The molecular formula is C17H26N2O3. The van der Waals surface area contributed by atoms with Gasteiger partial charge in [0.05, 0.1) is 30.5 Å². The second-order valence-electron chi connectivity index (χ2n) is 5.94. The van der Waals surface area contributed by atoms with Crippen LogP contribution in [0.1, 0.15) is 38.1 Å². The maximum Gasteiger partial charge on any atom is 0.179 e. The van der Waals surface area contributed by atoms with Crippen molar-refractivity contribution in [2.24, 2.45) is 0 Å². The van der Waals surface area contributed by atoms with Gasteiger partial charge in [0.25, 0.3) is 0 Å². The summed E-state index contributed by atoms with van der Waals surface area (Å²) in [7, 11) is 0. The fourth-order valence-corrected chi connectivity index (χ4v) is 2.93. The first-order valence-corrected chi connectivity index (χ1v) is 7.88. The van der Waals surface area contributed by atoms with E-state index in [2.05, 4.69) is 4.90 Å². The number of Topliss-reactive ketones (excluding diaryl/α,β-unsaturated/α-hetero) is 1. The van der Waals surface area contributed by atoms with Crippen molar-refractivity contribution in [3.05, 3.63) is 23.8 Å². The molecule has 1 fully saturated rings. The van der Waals surface area contributed by atoms with Gasteiger partial charge in [-0.25, -0.2) is 0 Å². The molecule has 1 saturated heterocycles. The van der Waals surface area contributed by atoms with Crippen molar-refractivity contribution in [3.63, 3.8) is 0 Å².